The van der Waals surface area contributed by atoms with Gasteiger partial charge in [-0.15, -0.1) is 11.3 Å². The van der Waals surface area contributed by atoms with Crippen LogP contribution in [0.2, 0.25) is 0 Å². The highest BCUT2D eigenvalue weighted by Gasteiger charge is 2.42. The second kappa shape index (κ2) is 8.82. The van der Waals surface area contributed by atoms with Gasteiger partial charge in [0.2, 0.25) is 11.9 Å². The fourth-order valence-corrected chi connectivity index (χ4v) is 7.26. The number of thiophene rings is 1. The van der Waals surface area contributed by atoms with Gasteiger partial charge in [0.15, 0.2) is 0 Å². The average molecular weight is 478 g/mol. The first-order chi connectivity index (χ1) is 16.6. The number of fused-ring (bicyclic) bond motifs is 3. The highest BCUT2D eigenvalue weighted by molar-refractivity contribution is 7.17. The van der Waals surface area contributed by atoms with Crippen LogP contribution in [0.4, 0.5) is 11.8 Å². The lowest BCUT2D eigenvalue weighted by Crippen LogP contribution is -2.44. The lowest BCUT2D eigenvalue weighted by molar-refractivity contribution is -0.118. The van der Waals surface area contributed by atoms with Crippen LogP contribution in [0.25, 0.3) is 21.3 Å². The monoisotopic (exact) mass is 477 g/mol. The number of hydrogen-bond donors (Lipinski definition) is 2. The molecule has 7 nitrogen and oxygen atoms in total. The number of rotatable bonds is 6. The van der Waals surface area contributed by atoms with Crippen molar-refractivity contribution in [2.45, 2.75) is 50.6 Å². The molecular weight excluding hydrogens is 446 g/mol. The van der Waals surface area contributed by atoms with Gasteiger partial charge in [-0.1, -0.05) is 30.3 Å². The Hall–Kier alpha value is -2.71. The highest BCUT2D eigenvalue weighted by Crippen LogP contribution is 2.47. The van der Waals surface area contributed by atoms with Gasteiger partial charge >= 0.3 is 0 Å². The Bertz CT molecular complexity index is 1180. The standard InChI is InChI=1S/C26H31N5O2S/c27-22(33)12-16-8-9-30(13-16)26-28-24(31-19-6-7-20(31)11-17(10-19)14-32)23-21(15-34-25(23)29-26)18-4-2-1-3-5-18/h1-5,15-17,19-20,32H,6-14H2,(H2,27,33). The summed E-state index contributed by atoms with van der Waals surface area (Å²) in [6.45, 7) is 1.89. The number of nitrogens with two attached hydrogens (primary N) is 1. The van der Waals surface area contributed by atoms with Gasteiger partial charge in [0.25, 0.3) is 0 Å². The van der Waals surface area contributed by atoms with E-state index in [2.05, 4.69) is 39.4 Å². The molecule has 1 amide bonds. The smallest absolute Gasteiger partial charge is 0.228 e. The zero-order valence-electron chi connectivity index (χ0n) is 19.3. The minimum Gasteiger partial charge on any atom is -0.396 e. The summed E-state index contributed by atoms with van der Waals surface area (Å²) in [6.07, 6.45) is 5.69. The number of hydrogen-bond acceptors (Lipinski definition) is 7. The third-order valence-electron chi connectivity index (χ3n) is 7.88. The number of primary amides is 1. The van der Waals surface area contributed by atoms with E-state index in [0.29, 0.717) is 24.4 Å². The molecule has 3 aliphatic rings. The van der Waals surface area contributed by atoms with Crippen LogP contribution in [0.1, 0.15) is 38.5 Å². The number of aromatic nitrogens is 2. The predicted octanol–water partition coefficient (Wildman–Crippen LogP) is 3.80. The van der Waals surface area contributed by atoms with Crippen molar-refractivity contribution in [1.82, 2.24) is 9.97 Å². The van der Waals surface area contributed by atoms with E-state index in [1.54, 1.807) is 11.3 Å². The number of aliphatic hydroxyl groups is 1. The summed E-state index contributed by atoms with van der Waals surface area (Å²) in [6, 6.07) is 11.3. The van der Waals surface area contributed by atoms with Gasteiger partial charge < -0.3 is 20.6 Å². The van der Waals surface area contributed by atoms with Crippen molar-refractivity contribution in [3.8, 4) is 11.1 Å². The van der Waals surface area contributed by atoms with E-state index in [0.717, 1.165) is 67.2 Å². The Labute approximate surface area is 203 Å². The number of nitrogens with zero attached hydrogens (tertiary/aromatic N) is 4. The predicted molar refractivity (Wildman–Crippen MR) is 136 cm³/mol. The second-order valence-electron chi connectivity index (χ2n) is 10.1. The van der Waals surface area contributed by atoms with Crippen LogP contribution in [0.5, 0.6) is 0 Å². The van der Waals surface area contributed by atoms with Crippen molar-refractivity contribution < 1.29 is 9.90 Å². The van der Waals surface area contributed by atoms with Crippen LogP contribution in [0.3, 0.4) is 0 Å². The summed E-state index contributed by atoms with van der Waals surface area (Å²) in [7, 11) is 0. The molecule has 0 saturated carbocycles. The summed E-state index contributed by atoms with van der Waals surface area (Å²) < 4.78 is 0. The molecule has 3 aliphatic heterocycles. The van der Waals surface area contributed by atoms with Gasteiger partial charge in [0.05, 0.1) is 5.39 Å². The summed E-state index contributed by atoms with van der Waals surface area (Å²) >= 11 is 1.68. The van der Waals surface area contributed by atoms with Crippen LogP contribution in [-0.4, -0.2) is 52.8 Å². The lowest BCUT2D eigenvalue weighted by atomic mass is 9.91. The van der Waals surface area contributed by atoms with Crippen molar-refractivity contribution in [3.63, 3.8) is 0 Å². The molecule has 3 fully saturated rings. The van der Waals surface area contributed by atoms with Crippen molar-refractivity contribution in [1.29, 1.82) is 0 Å². The molecule has 8 heteroatoms. The van der Waals surface area contributed by atoms with Crippen molar-refractivity contribution in [3.05, 3.63) is 35.7 Å². The highest BCUT2D eigenvalue weighted by atomic mass is 32.1. The molecule has 3 aromatic rings. The van der Waals surface area contributed by atoms with Gasteiger partial charge in [-0.05, 0) is 49.5 Å². The number of carbonyl (C=O) groups is 1. The van der Waals surface area contributed by atoms with E-state index in [1.807, 2.05) is 6.07 Å². The van der Waals surface area contributed by atoms with E-state index in [-0.39, 0.29) is 18.4 Å². The number of carbonyl (C=O) groups excluding carboxylic acids is 1. The Morgan fingerprint density at radius 3 is 2.56 bits per heavy atom. The summed E-state index contributed by atoms with van der Waals surface area (Å²) in [5.41, 5.74) is 7.84. The largest absolute Gasteiger partial charge is 0.396 e. The zero-order chi connectivity index (χ0) is 23.2. The molecule has 0 radical (unpaired) electrons. The van der Waals surface area contributed by atoms with Crippen LogP contribution in [0.15, 0.2) is 35.7 Å². The number of amides is 1. The third kappa shape index (κ3) is 3.82. The minimum absolute atomic E-state index is 0.238. The number of aliphatic hydroxyl groups excluding tert-OH is 1. The van der Waals surface area contributed by atoms with Gasteiger partial charge in [0, 0.05) is 49.1 Å². The SMILES string of the molecule is NC(=O)CC1CCN(c2nc(N3C4CCC3CC(CO)C4)c3c(-c4ccccc4)csc3n2)C1. The van der Waals surface area contributed by atoms with E-state index in [9.17, 15) is 9.90 Å². The van der Waals surface area contributed by atoms with Gasteiger partial charge in [-0.25, -0.2) is 4.98 Å². The number of piperidine rings is 1. The summed E-state index contributed by atoms with van der Waals surface area (Å²) in [5, 5.41) is 13.2. The molecule has 0 aliphatic carbocycles. The Kier molecular flexibility index (Phi) is 5.65. The molecule has 3 saturated heterocycles. The maximum Gasteiger partial charge on any atom is 0.228 e. The third-order valence-corrected chi connectivity index (χ3v) is 8.75. The molecule has 3 N–H and O–H groups in total. The quantitative estimate of drug-likeness (QED) is 0.561. The molecule has 3 unspecified atom stereocenters. The van der Waals surface area contributed by atoms with Gasteiger partial charge in [-0.3, -0.25) is 4.79 Å². The second-order valence-corrected chi connectivity index (χ2v) is 11.0. The fourth-order valence-electron chi connectivity index (χ4n) is 6.32. The van der Waals surface area contributed by atoms with Crippen molar-refractivity contribution >= 4 is 39.2 Å². The van der Waals surface area contributed by atoms with Gasteiger partial charge in [-0.2, -0.15) is 4.98 Å². The first-order valence-electron chi connectivity index (χ1n) is 12.4. The van der Waals surface area contributed by atoms with Crippen molar-refractivity contribution in [2.75, 3.05) is 29.5 Å². The summed E-state index contributed by atoms with van der Waals surface area (Å²) in [4.78, 5) is 27.5. The normalized spacial score (nSPS) is 26.5. The molecular formula is C26H31N5O2S. The van der Waals surface area contributed by atoms with Crippen LogP contribution in [-0.2, 0) is 4.79 Å². The fraction of sp³-hybridized carbons (Fsp3) is 0.500. The molecule has 0 spiro atoms. The first-order valence-corrected chi connectivity index (χ1v) is 13.3. The Morgan fingerprint density at radius 1 is 1.09 bits per heavy atom. The van der Waals surface area contributed by atoms with Crippen LogP contribution < -0.4 is 15.5 Å². The molecule has 34 heavy (non-hydrogen) atoms. The Morgan fingerprint density at radius 2 is 1.85 bits per heavy atom. The maximum atomic E-state index is 11.5. The van der Waals surface area contributed by atoms with E-state index in [1.165, 1.54) is 11.1 Å². The first kappa shape index (κ1) is 21.8. The Balaban J connectivity index is 1.44. The molecule has 1 aromatic carbocycles. The van der Waals surface area contributed by atoms with E-state index < -0.39 is 0 Å². The van der Waals surface area contributed by atoms with E-state index >= 15 is 0 Å². The molecule has 3 atom stereocenters. The van der Waals surface area contributed by atoms with Crippen LogP contribution >= 0.6 is 11.3 Å². The molecule has 2 bridgehead atoms. The van der Waals surface area contributed by atoms with E-state index in [4.69, 9.17) is 15.7 Å². The topological polar surface area (TPSA) is 95.6 Å². The number of anilines is 2. The molecule has 178 valence electrons. The zero-order valence-corrected chi connectivity index (χ0v) is 20.1. The minimum atomic E-state index is -0.238. The van der Waals surface area contributed by atoms with Crippen LogP contribution in [0, 0.1) is 11.8 Å². The molecule has 5 heterocycles. The maximum absolute atomic E-state index is 11.5. The summed E-state index contributed by atoms with van der Waals surface area (Å²) in [5.74, 6) is 2.22. The average Bonchev–Trinajstić information content (AvgIpc) is 3.54. The number of benzene rings is 1. The van der Waals surface area contributed by atoms with Gasteiger partial charge in [0.1, 0.15) is 10.6 Å². The molecule has 2 aromatic heterocycles. The molecule has 6 rings (SSSR count). The lowest BCUT2D eigenvalue weighted by Gasteiger charge is -2.40. The van der Waals surface area contributed by atoms with Crippen molar-refractivity contribution in [2.24, 2.45) is 17.6 Å².